The van der Waals surface area contributed by atoms with Gasteiger partial charge >= 0.3 is 0 Å². The topological polar surface area (TPSA) is 20.2 Å². The molecule has 3 heteroatoms. The van der Waals surface area contributed by atoms with Gasteiger partial charge in [0.15, 0.2) is 0 Å². The molecule has 19 heavy (non-hydrogen) atoms. The van der Waals surface area contributed by atoms with E-state index in [1.807, 2.05) is 31.2 Å². The molecule has 0 aliphatic heterocycles. The summed E-state index contributed by atoms with van der Waals surface area (Å²) in [4.78, 5) is 0. The van der Waals surface area contributed by atoms with E-state index >= 15 is 0 Å². The van der Waals surface area contributed by atoms with Crippen molar-refractivity contribution >= 4 is 11.6 Å². The number of aliphatic hydroxyl groups excluding tert-OH is 1. The van der Waals surface area contributed by atoms with Crippen LogP contribution in [-0.4, -0.2) is 11.7 Å². The van der Waals surface area contributed by atoms with Crippen LogP contribution in [0.1, 0.15) is 22.6 Å². The first kappa shape index (κ1) is 14.0. The molecule has 0 spiro atoms. The molecule has 0 aliphatic carbocycles. The second kappa shape index (κ2) is 6.18. The minimum atomic E-state index is -0.305. The molecule has 0 amide bonds. The van der Waals surface area contributed by atoms with E-state index in [9.17, 15) is 9.50 Å². The monoisotopic (exact) mass is 278 g/mol. The smallest absolute Gasteiger partial charge is 0.123 e. The van der Waals surface area contributed by atoms with E-state index in [0.29, 0.717) is 11.4 Å². The third-order valence-corrected chi connectivity index (χ3v) is 3.69. The Hall–Kier alpha value is -1.38. The van der Waals surface area contributed by atoms with Crippen LogP contribution in [0.2, 0.25) is 5.02 Å². The Bertz CT molecular complexity index is 568. The molecule has 0 bridgehead atoms. The molecule has 1 nitrogen and oxygen atoms in total. The Morgan fingerprint density at radius 2 is 1.95 bits per heavy atom. The lowest BCUT2D eigenvalue weighted by Crippen LogP contribution is -2.10. The van der Waals surface area contributed by atoms with Crippen molar-refractivity contribution in [1.29, 1.82) is 0 Å². The van der Waals surface area contributed by atoms with Gasteiger partial charge in [0.25, 0.3) is 0 Å². The molecule has 2 aromatic carbocycles. The fourth-order valence-electron chi connectivity index (χ4n) is 2.28. The van der Waals surface area contributed by atoms with Gasteiger partial charge in [0.05, 0.1) is 6.61 Å². The summed E-state index contributed by atoms with van der Waals surface area (Å²) >= 11 is 6.08. The normalized spacial score (nSPS) is 12.4. The van der Waals surface area contributed by atoms with Gasteiger partial charge in [0.2, 0.25) is 0 Å². The van der Waals surface area contributed by atoms with Gasteiger partial charge in [-0.25, -0.2) is 4.39 Å². The summed E-state index contributed by atoms with van der Waals surface area (Å²) in [5.41, 5.74) is 2.92. The number of halogens is 2. The molecular formula is C16H16ClFO. The highest BCUT2D eigenvalue weighted by molar-refractivity contribution is 6.31. The average Bonchev–Trinajstić information content (AvgIpc) is 2.41. The molecule has 0 heterocycles. The number of hydrogen-bond acceptors (Lipinski definition) is 1. The zero-order valence-corrected chi connectivity index (χ0v) is 11.5. The molecule has 1 atom stereocenters. The summed E-state index contributed by atoms with van der Waals surface area (Å²) in [5.74, 6) is -0.374. The summed E-state index contributed by atoms with van der Waals surface area (Å²) < 4.78 is 13.3. The van der Waals surface area contributed by atoms with Crippen molar-refractivity contribution in [2.24, 2.45) is 0 Å². The second-order valence-electron chi connectivity index (χ2n) is 4.68. The van der Waals surface area contributed by atoms with E-state index in [2.05, 4.69) is 0 Å². The van der Waals surface area contributed by atoms with Crippen LogP contribution in [0.3, 0.4) is 0 Å². The van der Waals surface area contributed by atoms with E-state index in [0.717, 1.165) is 16.7 Å². The van der Waals surface area contributed by atoms with Crippen molar-refractivity contribution in [2.45, 2.75) is 19.3 Å². The molecule has 0 aromatic heterocycles. The van der Waals surface area contributed by atoms with Crippen LogP contribution >= 0.6 is 11.6 Å². The van der Waals surface area contributed by atoms with Crippen molar-refractivity contribution in [2.75, 3.05) is 6.61 Å². The van der Waals surface area contributed by atoms with Crippen LogP contribution in [0.15, 0.2) is 42.5 Å². The quantitative estimate of drug-likeness (QED) is 0.892. The van der Waals surface area contributed by atoms with E-state index < -0.39 is 0 Å². The largest absolute Gasteiger partial charge is 0.396 e. The Labute approximate surface area is 117 Å². The maximum absolute atomic E-state index is 13.3. The van der Waals surface area contributed by atoms with Gasteiger partial charge in [-0.3, -0.25) is 0 Å². The average molecular weight is 279 g/mol. The molecule has 2 rings (SSSR count). The highest BCUT2D eigenvalue weighted by Gasteiger charge is 2.15. The van der Waals surface area contributed by atoms with Crippen molar-refractivity contribution in [3.8, 4) is 0 Å². The molecule has 0 fully saturated rings. The first-order valence-corrected chi connectivity index (χ1v) is 6.60. The number of hydrogen-bond donors (Lipinski definition) is 1. The van der Waals surface area contributed by atoms with E-state index in [1.165, 1.54) is 12.1 Å². The predicted molar refractivity (Wildman–Crippen MR) is 76.1 cm³/mol. The van der Waals surface area contributed by atoms with Gasteiger partial charge in [-0.1, -0.05) is 35.9 Å². The maximum Gasteiger partial charge on any atom is 0.123 e. The zero-order valence-electron chi connectivity index (χ0n) is 10.7. The van der Waals surface area contributed by atoms with Gasteiger partial charge in [-0.05, 0) is 48.2 Å². The summed E-state index contributed by atoms with van der Waals surface area (Å²) in [6, 6.07) is 12.2. The van der Waals surface area contributed by atoms with Crippen LogP contribution in [0.25, 0.3) is 0 Å². The number of benzene rings is 2. The summed E-state index contributed by atoms with van der Waals surface area (Å²) in [6.45, 7) is 2.02. The standard InChI is InChI=1S/C16H16ClFO/c1-11-4-2-3-5-15(11)13(10-19)8-12-9-14(18)6-7-16(12)17/h2-7,9,13,19H,8,10H2,1H3. The third kappa shape index (κ3) is 3.34. The van der Waals surface area contributed by atoms with Gasteiger partial charge in [0, 0.05) is 10.9 Å². The second-order valence-corrected chi connectivity index (χ2v) is 5.08. The molecule has 100 valence electrons. The highest BCUT2D eigenvalue weighted by atomic mass is 35.5. The third-order valence-electron chi connectivity index (χ3n) is 3.32. The molecule has 0 saturated carbocycles. The lowest BCUT2D eigenvalue weighted by atomic mass is 9.90. The van der Waals surface area contributed by atoms with Crippen LogP contribution in [0.5, 0.6) is 0 Å². The van der Waals surface area contributed by atoms with E-state index in [4.69, 9.17) is 11.6 Å². The number of aryl methyl sites for hydroxylation is 1. The minimum Gasteiger partial charge on any atom is -0.396 e. The van der Waals surface area contributed by atoms with Crippen LogP contribution in [0.4, 0.5) is 4.39 Å². The summed E-state index contributed by atoms with van der Waals surface area (Å²) in [5, 5.41) is 10.1. The number of aliphatic hydroxyl groups is 1. The van der Waals surface area contributed by atoms with Crippen LogP contribution < -0.4 is 0 Å². The molecular weight excluding hydrogens is 263 g/mol. The van der Waals surface area contributed by atoms with Gasteiger partial charge in [-0.15, -0.1) is 0 Å². The molecule has 0 radical (unpaired) electrons. The van der Waals surface area contributed by atoms with E-state index in [-0.39, 0.29) is 18.3 Å². The lowest BCUT2D eigenvalue weighted by Gasteiger charge is -2.18. The molecule has 2 aromatic rings. The van der Waals surface area contributed by atoms with Crippen LogP contribution in [0, 0.1) is 12.7 Å². The molecule has 0 aliphatic rings. The van der Waals surface area contributed by atoms with Crippen molar-refractivity contribution in [3.63, 3.8) is 0 Å². The fraction of sp³-hybridized carbons (Fsp3) is 0.250. The Kier molecular flexibility index (Phi) is 4.56. The van der Waals surface area contributed by atoms with Crippen molar-refractivity contribution in [1.82, 2.24) is 0 Å². The van der Waals surface area contributed by atoms with Crippen molar-refractivity contribution in [3.05, 3.63) is 70.0 Å². The summed E-state index contributed by atoms with van der Waals surface area (Å²) in [7, 11) is 0. The molecule has 1 unspecified atom stereocenters. The minimum absolute atomic E-state index is 0.0116. The Morgan fingerprint density at radius 3 is 2.63 bits per heavy atom. The molecule has 0 saturated heterocycles. The van der Waals surface area contributed by atoms with Gasteiger partial charge in [-0.2, -0.15) is 0 Å². The maximum atomic E-state index is 13.3. The summed E-state index contributed by atoms with van der Waals surface area (Å²) in [6.07, 6.45) is 0.526. The van der Waals surface area contributed by atoms with Gasteiger partial charge < -0.3 is 5.11 Å². The Morgan fingerprint density at radius 1 is 1.21 bits per heavy atom. The van der Waals surface area contributed by atoms with Crippen LogP contribution in [-0.2, 0) is 6.42 Å². The SMILES string of the molecule is Cc1ccccc1C(CO)Cc1cc(F)ccc1Cl. The first-order chi connectivity index (χ1) is 9.11. The van der Waals surface area contributed by atoms with Crippen molar-refractivity contribution < 1.29 is 9.50 Å². The van der Waals surface area contributed by atoms with Gasteiger partial charge in [0.1, 0.15) is 5.82 Å². The molecule has 1 N–H and O–H groups in total. The zero-order chi connectivity index (χ0) is 13.8. The Balaban J connectivity index is 2.29. The lowest BCUT2D eigenvalue weighted by molar-refractivity contribution is 0.264. The highest BCUT2D eigenvalue weighted by Crippen LogP contribution is 2.27. The fourth-order valence-corrected chi connectivity index (χ4v) is 2.48. The number of rotatable bonds is 4. The predicted octanol–water partition coefficient (Wildman–Crippen LogP) is 4.11. The first-order valence-electron chi connectivity index (χ1n) is 6.22. The van der Waals surface area contributed by atoms with E-state index in [1.54, 1.807) is 6.07 Å².